The monoisotopic (exact) mass is 358 g/mol. The molecule has 0 saturated heterocycles. The van der Waals surface area contributed by atoms with E-state index in [2.05, 4.69) is 5.32 Å². The molecule has 7 nitrogen and oxygen atoms in total. The van der Waals surface area contributed by atoms with Gasteiger partial charge in [-0.3, -0.25) is 14.9 Å². The summed E-state index contributed by atoms with van der Waals surface area (Å²) in [5.74, 6) is 0.119. The van der Waals surface area contributed by atoms with Crippen LogP contribution >= 0.6 is 0 Å². The number of methoxy groups -OCH3 is 2. The molecule has 0 bridgehead atoms. The molecule has 2 aromatic rings. The van der Waals surface area contributed by atoms with Crippen molar-refractivity contribution in [1.29, 1.82) is 0 Å². The van der Waals surface area contributed by atoms with E-state index in [9.17, 15) is 14.9 Å². The summed E-state index contributed by atoms with van der Waals surface area (Å²) in [5, 5.41) is 14.2. The normalized spacial score (nSPS) is 11.6. The molecule has 0 aliphatic heterocycles. The van der Waals surface area contributed by atoms with Crippen LogP contribution in [0.4, 0.5) is 5.69 Å². The summed E-state index contributed by atoms with van der Waals surface area (Å²) in [5.41, 5.74) is 1.12. The standard InChI is InChI=1S/C19H22N2O5/c1-25-13-15(10-11-20-19(22)14-6-4-3-5-7-14)17-12-16(26-2)8-9-18(17)21(23)24/h3-9,12,15H,10-11,13H2,1-2H3,(H,20,22). The lowest BCUT2D eigenvalue weighted by Crippen LogP contribution is -2.26. The quantitative estimate of drug-likeness (QED) is 0.549. The van der Waals surface area contributed by atoms with Crippen molar-refractivity contribution in [2.45, 2.75) is 12.3 Å². The Kier molecular flexibility index (Phi) is 7.11. The summed E-state index contributed by atoms with van der Waals surface area (Å²) >= 11 is 0. The molecule has 138 valence electrons. The minimum Gasteiger partial charge on any atom is -0.497 e. The average Bonchev–Trinajstić information content (AvgIpc) is 2.67. The van der Waals surface area contributed by atoms with Gasteiger partial charge < -0.3 is 14.8 Å². The van der Waals surface area contributed by atoms with Gasteiger partial charge in [0.25, 0.3) is 11.6 Å². The Morgan fingerprint density at radius 2 is 1.92 bits per heavy atom. The van der Waals surface area contributed by atoms with Crippen LogP contribution < -0.4 is 10.1 Å². The molecular formula is C19H22N2O5. The highest BCUT2D eigenvalue weighted by Crippen LogP contribution is 2.32. The number of nitro groups is 1. The Bertz CT molecular complexity index is 749. The maximum atomic E-state index is 12.1. The van der Waals surface area contributed by atoms with Crippen LogP contribution in [0.3, 0.4) is 0 Å². The van der Waals surface area contributed by atoms with Crippen LogP contribution in [0, 0.1) is 10.1 Å². The van der Waals surface area contributed by atoms with Gasteiger partial charge in [-0.15, -0.1) is 0 Å². The molecule has 7 heteroatoms. The lowest BCUT2D eigenvalue weighted by Gasteiger charge is -2.18. The number of rotatable bonds is 9. The third-order valence-corrected chi connectivity index (χ3v) is 4.05. The van der Waals surface area contributed by atoms with Crippen LogP contribution in [0.25, 0.3) is 0 Å². The van der Waals surface area contributed by atoms with Gasteiger partial charge in [0.15, 0.2) is 0 Å². The molecule has 1 atom stereocenters. The first-order valence-electron chi connectivity index (χ1n) is 8.21. The van der Waals surface area contributed by atoms with Crippen LogP contribution in [0.2, 0.25) is 0 Å². The van der Waals surface area contributed by atoms with Crippen molar-refractivity contribution in [2.24, 2.45) is 0 Å². The van der Waals surface area contributed by atoms with E-state index in [0.717, 1.165) is 0 Å². The largest absolute Gasteiger partial charge is 0.497 e. The van der Waals surface area contributed by atoms with Crippen molar-refractivity contribution >= 4 is 11.6 Å². The SMILES string of the molecule is COCC(CCNC(=O)c1ccccc1)c1cc(OC)ccc1[N+](=O)[O-]. The molecule has 0 heterocycles. The minimum atomic E-state index is -0.417. The van der Waals surface area contributed by atoms with E-state index in [4.69, 9.17) is 9.47 Å². The van der Waals surface area contributed by atoms with Gasteiger partial charge in [0.05, 0.1) is 18.6 Å². The van der Waals surface area contributed by atoms with Gasteiger partial charge in [0, 0.05) is 36.8 Å². The van der Waals surface area contributed by atoms with E-state index in [0.29, 0.717) is 36.4 Å². The Morgan fingerprint density at radius 3 is 2.54 bits per heavy atom. The third-order valence-electron chi connectivity index (χ3n) is 4.05. The fourth-order valence-corrected chi connectivity index (χ4v) is 2.73. The zero-order valence-electron chi connectivity index (χ0n) is 14.8. The first kappa shape index (κ1) is 19.4. The molecule has 0 aliphatic carbocycles. The highest BCUT2D eigenvalue weighted by atomic mass is 16.6. The number of nitrogens with one attached hydrogen (secondary N) is 1. The summed E-state index contributed by atoms with van der Waals surface area (Å²) in [4.78, 5) is 23.1. The molecule has 0 aliphatic rings. The van der Waals surface area contributed by atoms with Gasteiger partial charge >= 0.3 is 0 Å². The molecule has 1 N–H and O–H groups in total. The smallest absolute Gasteiger partial charge is 0.273 e. The van der Waals surface area contributed by atoms with E-state index in [1.54, 1.807) is 43.5 Å². The van der Waals surface area contributed by atoms with E-state index >= 15 is 0 Å². The van der Waals surface area contributed by atoms with E-state index in [1.165, 1.54) is 13.2 Å². The molecule has 26 heavy (non-hydrogen) atoms. The van der Waals surface area contributed by atoms with E-state index in [1.807, 2.05) is 6.07 Å². The summed E-state index contributed by atoms with van der Waals surface area (Å²) < 4.78 is 10.4. The Morgan fingerprint density at radius 1 is 1.19 bits per heavy atom. The molecule has 0 spiro atoms. The molecule has 0 saturated carbocycles. The summed E-state index contributed by atoms with van der Waals surface area (Å²) in [6, 6.07) is 13.5. The van der Waals surface area contributed by atoms with Crippen LogP contribution in [-0.2, 0) is 4.74 Å². The summed E-state index contributed by atoms with van der Waals surface area (Å²) in [6.07, 6.45) is 0.500. The first-order valence-corrected chi connectivity index (χ1v) is 8.21. The zero-order chi connectivity index (χ0) is 18.9. The lowest BCUT2D eigenvalue weighted by molar-refractivity contribution is -0.385. The maximum absolute atomic E-state index is 12.1. The number of amides is 1. The molecule has 0 aromatic heterocycles. The Balaban J connectivity index is 2.11. The van der Waals surface area contributed by atoms with Crippen molar-refractivity contribution in [1.82, 2.24) is 5.32 Å². The van der Waals surface area contributed by atoms with Gasteiger partial charge in [0.1, 0.15) is 5.75 Å². The highest BCUT2D eigenvalue weighted by Gasteiger charge is 2.23. The number of hydrogen-bond donors (Lipinski definition) is 1. The first-order chi connectivity index (χ1) is 12.6. The van der Waals surface area contributed by atoms with Crippen LogP contribution in [0.5, 0.6) is 5.75 Å². The average molecular weight is 358 g/mol. The number of ether oxygens (including phenoxy) is 2. The van der Waals surface area contributed by atoms with Gasteiger partial charge in [-0.25, -0.2) is 0 Å². The number of nitrogens with zero attached hydrogens (tertiary/aromatic N) is 1. The van der Waals surface area contributed by atoms with Crippen LogP contribution in [0.1, 0.15) is 28.3 Å². The number of carbonyl (C=O) groups is 1. The number of benzene rings is 2. The van der Waals surface area contributed by atoms with E-state index < -0.39 is 4.92 Å². The minimum absolute atomic E-state index is 0.0160. The maximum Gasteiger partial charge on any atom is 0.273 e. The summed E-state index contributed by atoms with van der Waals surface area (Å²) in [7, 11) is 3.05. The van der Waals surface area contributed by atoms with Crippen LogP contribution in [-0.4, -0.2) is 38.2 Å². The zero-order valence-corrected chi connectivity index (χ0v) is 14.8. The fraction of sp³-hybridized carbons (Fsp3) is 0.316. The highest BCUT2D eigenvalue weighted by molar-refractivity contribution is 5.94. The predicted octanol–water partition coefficient (Wildman–Crippen LogP) is 3.15. The number of nitro benzene ring substituents is 1. The van der Waals surface area contributed by atoms with Gasteiger partial charge in [-0.1, -0.05) is 18.2 Å². The molecule has 0 radical (unpaired) electrons. The topological polar surface area (TPSA) is 90.7 Å². The molecule has 1 unspecified atom stereocenters. The van der Waals surface area contributed by atoms with Crippen molar-refractivity contribution in [2.75, 3.05) is 27.4 Å². The molecule has 0 fully saturated rings. The van der Waals surface area contributed by atoms with Gasteiger partial charge in [-0.05, 0) is 30.7 Å². The van der Waals surface area contributed by atoms with Gasteiger partial charge in [-0.2, -0.15) is 0 Å². The molecular weight excluding hydrogens is 336 g/mol. The second-order valence-corrected chi connectivity index (χ2v) is 5.74. The lowest BCUT2D eigenvalue weighted by atomic mass is 9.94. The van der Waals surface area contributed by atoms with E-state index in [-0.39, 0.29) is 17.5 Å². The Hall–Kier alpha value is -2.93. The second-order valence-electron chi connectivity index (χ2n) is 5.74. The predicted molar refractivity (Wildman–Crippen MR) is 97.7 cm³/mol. The number of hydrogen-bond acceptors (Lipinski definition) is 5. The number of carbonyl (C=O) groups excluding carboxylic acids is 1. The van der Waals surface area contributed by atoms with Gasteiger partial charge in [0.2, 0.25) is 0 Å². The fourth-order valence-electron chi connectivity index (χ4n) is 2.73. The molecule has 1 amide bonds. The second kappa shape index (κ2) is 9.53. The van der Waals surface area contributed by atoms with Crippen LogP contribution in [0.15, 0.2) is 48.5 Å². The Labute approximate surface area is 152 Å². The van der Waals surface area contributed by atoms with Crippen molar-refractivity contribution in [3.63, 3.8) is 0 Å². The van der Waals surface area contributed by atoms with Crippen molar-refractivity contribution < 1.29 is 19.2 Å². The van der Waals surface area contributed by atoms with Crippen molar-refractivity contribution in [3.05, 3.63) is 69.8 Å². The molecule has 2 rings (SSSR count). The third kappa shape index (κ3) is 5.03. The molecule has 2 aromatic carbocycles. The van der Waals surface area contributed by atoms with Crippen molar-refractivity contribution in [3.8, 4) is 5.75 Å². The summed E-state index contributed by atoms with van der Waals surface area (Å²) in [6.45, 7) is 0.672.